The summed E-state index contributed by atoms with van der Waals surface area (Å²) in [5, 5.41) is 11.0. The smallest absolute Gasteiger partial charge is 0.143 e. The van der Waals surface area contributed by atoms with Crippen LogP contribution in [0.3, 0.4) is 0 Å². The molecule has 3 heteroatoms. The van der Waals surface area contributed by atoms with E-state index >= 15 is 0 Å². The molecular formula is C25H30O3. The van der Waals surface area contributed by atoms with Crippen molar-refractivity contribution in [2.24, 2.45) is 11.8 Å². The van der Waals surface area contributed by atoms with Crippen molar-refractivity contribution in [1.82, 2.24) is 0 Å². The molecule has 3 nitrogen and oxygen atoms in total. The molecule has 1 saturated carbocycles. The lowest BCUT2D eigenvalue weighted by Crippen LogP contribution is -2.39. The van der Waals surface area contributed by atoms with Gasteiger partial charge in [-0.1, -0.05) is 42.5 Å². The van der Waals surface area contributed by atoms with Crippen molar-refractivity contribution < 1.29 is 14.6 Å². The number of ether oxygens (including phenoxy) is 1. The molecule has 1 aliphatic carbocycles. The molecule has 1 saturated heterocycles. The molecular weight excluding hydrogens is 348 g/mol. The van der Waals surface area contributed by atoms with Gasteiger partial charge in [-0.2, -0.15) is 0 Å². The minimum Gasteiger partial charge on any atom is -0.392 e. The first-order valence-electron chi connectivity index (χ1n) is 10.5. The highest BCUT2D eigenvalue weighted by Gasteiger charge is 2.40. The topological polar surface area (TPSA) is 46.5 Å². The average Bonchev–Trinajstić information content (AvgIpc) is 2.70. The maximum Gasteiger partial charge on any atom is 0.143 e. The van der Waals surface area contributed by atoms with Crippen molar-refractivity contribution >= 4 is 5.78 Å². The number of hydrogen-bond donors (Lipinski definition) is 1. The Morgan fingerprint density at radius 1 is 0.929 bits per heavy atom. The molecule has 28 heavy (non-hydrogen) atoms. The summed E-state index contributed by atoms with van der Waals surface area (Å²) in [6.45, 7) is 5.71. The SMILES string of the molecule is Cc1cc(-c2ccccc2)cc(C)c1C1C(=O)CC(C2CCOCC2)CC1O. The maximum atomic E-state index is 13.1. The van der Waals surface area contributed by atoms with E-state index in [4.69, 9.17) is 4.74 Å². The summed E-state index contributed by atoms with van der Waals surface area (Å²) >= 11 is 0. The fraction of sp³-hybridized carbons (Fsp3) is 0.480. The Morgan fingerprint density at radius 3 is 2.18 bits per heavy atom. The van der Waals surface area contributed by atoms with Gasteiger partial charge in [0, 0.05) is 19.6 Å². The van der Waals surface area contributed by atoms with Crippen LogP contribution in [0.4, 0.5) is 0 Å². The molecule has 2 aromatic rings. The average molecular weight is 379 g/mol. The van der Waals surface area contributed by atoms with Gasteiger partial charge in [0.2, 0.25) is 0 Å². The van der Waals surface area contributed by atoms with Gasteiger partial charge in [0.15, 0.2) is 0 Å². The molecule has 1 heterocycles. The van der Waals surface area contributed by atoms with Crippen molar-refractivity contribution in [2.75, 3.05) is 13.2 Å². The van der Waals surface area contributed by atoms with Gasteiger partial charge in [-0.3, -0.25) is 4.79 Å². The normalized spacial score (nSPS) is 26.4. The number of Topliss-reactive ketones (excluding diaryl/α,β-unsaturated/α-hetero) is 1. The second-order valence-corrected chi connectivity index (χ2v) is 8.55. The Balaban J connectivity index is 1.59. The van der Waals surface area contributed by atoms with Crippen LogP contribution in [-0.2, 0) is 9.53 Å². The van der Waals surface area contributed by atoms with Crippen LogP contribution in [0.25, 0.3) is 11.1 Å². The lowest BCUT2D eigenvalue weighted by molar-refractivity contribution is -0.129. The molecule has 1 aliphatic heterocycles. The lowest BCUT2D eigenvalue weighted by Gasteiger charge is -2.38. The van der Waals surface area contributed by atoms with Crippen LogP contribution < -0.4 is 0 Å². The molecule has 3 atom stereocenters. The van der Waals surface area contributed by atoms with E-state index in [-0.39, 0.29) is 11.7 Å². The fourth-order valence-corrected chi connectivity index (χ4v) is 5.29. The van der Waals surface area contributed by atoms with Crippen molar-refractivity contribution in [3.63, 3.8) is 0 Å². The number of ketones is 1. The third-order valence-electron chi connectivity index (χ3n) is 6.68. The Kier molecular flexibility index (Phi) is 5.65. The van der Waals surface area contributed by atoms with Crippen LogP contribution in [0.5, 0.6) is 0 Å². The second-order valence-electron chi connectivity index (χ2n) is 8.55. The zero-order valence-corrected chi connectivity index (χ0v) is 16.9. The molecule has 3 unspecified atom stereocenters. The van der Waals surface area contributed by atoms with Crippen molar-refractivity contribution in [1.29, 1.82) is 0 Å². The van der Waals surface area contributed by atoms with Gasteiger partial charge < -0.3 is 9.84 Å². The number of carbonyl (C=O) groups excluding carboxylic acids is 1. The van der Waals surface area contributed by atoms with Crippen LogP contribution >= 0.6 is 0 Å². The summed E-state index contributed by atoms with van der Waals surface area (Å²) in [6, 6.07) is 14.6. The Hall–Kier alpha value is -1.97. The van der Waals surface area contributed by atoms with Crippen molar-refractivity contribution in [2.45, 2.75) is 51.6 Å². The number of aliphatic hydroxyl groups is 1. The first kappa shape index (κ1) is 19.4. The molecule has 148 valence electrons. The zero-order valence-electron chi connectivity index (χ0n) is 16.9. The van der Waals surface area contributed by atoms with Gasteiger partial charge in [-0.25, -0.2) is 0 Å². The molecule has 2 aromatic carbocycles. The third-order valence-corrected chi connectivity index (χ3v) is 6.68. The van der Waals surface area contributed by atoms with E-state index in [0.29, 0.717) is 18.3 Å². The molecule has 1 N–H and O–H groups in total. The first-order chi connectivity index (χ1) is 13.5. The molecule has 2 aliphatic rings. The van der Waals surface area contributed by atoms with Gasteiger partial charge in [-0.05, 0) is 72.8 Å². The van der Waals surface area contributed by atoms with Crippen LogP contribution in [0, 0.1) is 25.7 Å². The van der Waals surface area contributed by atoms with Crippen LogP contribution in [0.15, 0.2) is 42.5 Å². The minimum atomic E-state index is -0.589. The molecule has 0 radical (unpaired) electrons. The number of carbonyl (C=O) groups is 1. The summed E-state index contributed by atoms with van der Waals surface area (Å²) in [7, 11) is 0. The molecule has 2 fully saturated rings. The predicted molar refractivity (Wildman–Crippen MR) is 111 cm³/mol. The number of rotatable bonds is 3. The highest BCUT2D eigenvalue weighted by molar-refractivity contribution is 5.88. The minimum absolute atomic E-state index is 0.203. The van der Waals surface area contributed by atoms with Crippen LogP contribution in [0.1, 0.15) is 48.3 Å². The summed E-state index contributed by atoms with van der Waals surface area (Å²) in [5.74, 6) is 0.623. The molecule has 0 spiro atoms. The van der Waals surface area contributed by atoms with Crippen molar-refractivity contribution in [3.8, 4) is 11.1 Å². The van der Waals surface area contributed by atoms with Gasteiger partial charge in [0.1, 0.15) is 5.78 Å². The standard InChI is InChI=1S/C25H30O3/c1-16-12-20(18-6-4-3-5-7-18)13-17(2)24(16)25-22(26)14-21(15-23(25)27)19-8-10-28-11-9-19/h3-7,12-13,19,21-22,25-26H,8-11,14-15H2,1-2H3. The molecule has 0 aromatic heterocycles. The third kappa shape index (κ3) is 3.78. The number of benzene rings is 2. The van der Waals surface area contributed by atoms with E-state index in [1.54, 1.807) is 0 Å². The largest absolute Gasteiger partial charge is 0.392 e. The van der Waals surface area contributed by atoms with Gasteiger partial charge >= 0.3 is 0 Å². The van der Waals surface area contributed by atoms with Crippen LogP contribution in [0.2, 0.25) is 0 Å². The van der Waals surface area contributed by atoms with E-state index in [9.17, 15) is 9.90 Å². The van der Waals surface area contributed by atoms with E-state index < -0.39 is 6.10 Å². The Morgan fingerprint density at radius 2 is 1.57 bits per heavy atom. The van der Waals surface area contributed by atoms with E-state index in [1.165, 1.54) is 5.56 Å². The number of hydrogen-bond acceptors (Lipinski definition) is 3. The predicted octanol–water partition coefficient (Wildman–Crippen LogP) is 4.82. The molecule has 0 bridgehead atoms. The maximum absolute atomic E-state index is 13.1. The zero-order chi connectivity index (χ0) is 19.7. The monoisotopic (exact) mass is 378 g/mol. The highest BCUT2D eigenvalue weighted by atomic mass is 16.5. The van der Waals surface area contributed by atoms with Crippen molar-refractivity contribution in [3.05, 3.63) is 59.2 Å². The Labute approximate surface area is 167 Å². The van der Waals surface area contributed by atoms with E-state index in [0.717, 1.165) is 54.7 Å². The molecule has 0 amide bonds. The van der Waals surface area contributed by atoms with Crippen LogP contribution in [-0.4, -0.2) is 30.2 Å². The van der Waals surface area contributed by atoms with E-state index in [2.05, 4.69) is 38.1 Å². The summed E-state index contributed by atoms with van der Waals surface area (Å²) < 4.78 is 5.47. The summed E-state index contributed by atoms with van der Waals surface area (Å²) in [4.78, 5) is 13.1. The second kappa shape index (κ2) is 8.18. The molecule has 4 rings (SSSR count). The Bertz CT molecular complexity index is 813. The van der Waals surface area contributed by atoms with Gasteiger partial charge in [0.05, 0.1) is 12.0 Å². The highest BCUT2D eigenvalue weighted by Crippen LogP contribution is 2.42. The van der Waals surface area contributed by atoms with E-state index in [1.807, 2.05) is 18.2 Å². The van der Waals surface area contributed by atoms with Gasteiger partial charge in [-0.15, -0.1) is 0 Å². The first-order valence-corrected chi connectivity index (χ1v) is 10.5. The fourth-order valence-electron chi connectivity index (χ4n) is 5.29. The summed E-state index contributed by atoms with van der Waals surface area (Å²) in [6.07, 6.45) is 2.75. The number of aryl methyl sites for hydroxylation is 2. The lowest BCUT2D eigenvalue weighted by atomic mass is 9.68. The summed E-state index contributed by atoms with van der Waals surface area (Å²) in [5.41, 5.74) is 5.57. The quantitative estimate of drug-likeness (QED) is 0.833. The number of aliphatic hydroxyl groups excluding tert-OH is 1. The van der Waals surface area contributed by atoms with Gasteiger partial charge in [0.25, 0.3) is 0 Å².